The third kappa shape index (κ3) is 1.34. The number of nitrogens with one attached hydrogen (secondary N) is 2. The SMILES string of the molecule is Cc1n[nH]c(=O)c2c1[C@H](c1ccco1)n1nnnc1N2. The monoisotopic (exact) mass is 271 g/mol. The number of nitrogens with zero attached hydrogens (tertiary/aromatic N) is 5. The van der Waals surface area contributed by atoms with Gasteiger partial charge in [0, 0.05) is 5.56 Å². The summed E-state index contributed by atoms with van der Waals surface area (Å²) in [4.78, 5) is 12.0. The number of aromatic amines is 1. The van der Waals surface area contributed by atoms with E-state index in [-0.39, 0.29) is 5.56 Å². The Labute approximate surface area is 111 Å². The van der Waals surface area contributed by atoms with Crippen molar-refractivity contribution >= 4 is 11.6 Å². The van der Waals surface area contributed by atoms with Gasteiger partial charge in [-0.2, -0.15) is 9.78 Å². The van der Waals surface area contributed by atoms with Crippen LogP contribution in [0.2, 0.25) is 0 Å². The van der Waals surface area contributed by atoms with Gasteiger partial charge in [0.1, 0.15) is 17.5 Å². The first kappa shape index (κ1) is 10.9. The molecule has 9 nitrogen and oxygen atoms in total. The molecule has 0 fully saturated rings. The van der Waals surface area contributed by atoms with Crippen molar-refractivity contribution in [2.24, 2.45) is 0 Å². The molecule has 0 saturated heterocycles. The average Bonchev–Trinajstić information content (AvgIpc) is 3.11. The van der Waals surface area contributed by atoms with Gasteiger partial charge in [0.25, 0.3) is 5.56 Å². The molecule has 4 rings (SSSR count). The third-order valence-corrected chi connectivity index (χ3v) is 3.27. The van der Waals surface area contributed by atoms with Crippen molar-refractivity contribution in [3.8, 4) is 0 Å². The summed E-state index contributed by atoms with van der Waals surface area (Å²) < 4.78 is 7.03. The predicted octanol–water partition coefficient (Wildman–Crippen LogP) is 0.353. The van der Waals surface area contributed by atoms with Gasteiger partial charge in [-0.3, -0.25) is 4.79 Å². The number of furan rings is 1. The minimum absolute atomic E-state index is 0.323. The van der Waals surface area contributed by atoms with E-state index in [4.69, 9.17) is 4.42 Å². The van der Waals surface area contributed by atoms with Gasteiger partial charge in [0.15, 0.2) is 0 Å². The Morgan fingerprint density at radius 1 is 1.45 bits per heavy atom. The molecule has 1 atom stereocenters. The molecule has 100 valence electrons. The van der Waals surface area contributed by atoms with E-state index in [9.17, 15) is 4.79 Å². The van der Waals surface area contributed by atoms with E-state index in [0.717, 1.165) is 0 Å². The second kappa shape index (κ2) is 3.76. The molecule has 1 aliphatic rings. The van der Waals surface area contributed by atoms with E-state index in [1.807, 2.05) is 13.0 Å². The molecule has 3 aromatic rings. The largest absolute Gasteiger partial charge is 0.467 e. The lowest BCUT2D eigenvalue weighted by Gasteiger charge is -2.25. The second-order valence-electron chi connectivity index (χ2n) is 4.42. The van der Waals surface area contributed by atoms with Crippen molar-refractivity contribution in [3.05, 3.63) is 45.8 Å². The fourth-order valence-electron chi connectivity index (χ4n) is 2.41. The van der Waals surface area contributed by atoms with Crippen molar-refractivity contribution in [1.29, 1.82) is 0 Å². The maximum absolute atomic E-state index is 12.0. The van der Waals surface area contributed by atoms with E-state index in [1.54, 1.807) is 17.0 Å². The second-order valence-corrected chi connectivity index (χ2v) is 4.42. The maximum atomic E-state index is 12.0. The lowest BCUT2D eigenvalue weighted by Crippen LogP contribution is -2.29. The van der Waals surface area contributed by atoms with Crippen LogP contribution in [0.4, 0.5) is 11.6 Å². The first-order valence-electron chi connectivity index (χ1n) is 5.93. The van der Waals surface area contributed by atoms with E-state index in [0.29, 0.717) is 28.7 Å². The van der Waals surface area contributed by atoms with Gasteiger partial charge in [0.2, 0.25) is 5.95 Å². The molecule has 0 radical (unpaired) electrons. The average molecular weight is 271 g/mol. The third-order valence-electron chi connectivity index (χ3n) is 3.27. The van der Waals surface area contributed by atoms with Crippen molar-refractivity contribution in [2.45, 2.75) is 13.0 Å². The Kier molecular flexibility index (Phi) is 2.05. The van der Waals surface area contributed by atoms with Gasteiger partial charge in [-0.15, -0.1) is 0 Å². The standard InChI is InChI=1S/C11H9N7O2/c1-5-7-8(10(19)14-13-5)12-11-15-16-17-18(11)9(7)6-3-2-4-20-6/h2-4,9H,1H3,(H,14,19)(H,12,15,17)/t9-/m0/s1. The van der Waals surface area contributed by atoms with Crippen LogP contribution in [0.3, 0.4) is 0 Å². The van der Waals surface area contributed by atoms with E-state index >= 15 is 0 Å². The highest BCUT2D eigenvalue weighted by Gasteiger charge is 2.34. The molecule has 0 amide bonds. The van der Waals surface area contributed by atoms with Crippen LogP contribution in [-0.2, 0) is 0 Å². The molecule has 20 heavy (non-hydrogen) atoms. The van der Waals surface area contributed by atoms with Crippen LogP contribution in [-0.4, -0.2) is 30.4 Å². The van der Waals surface area contributed by atoms with Crippen LogP contribution in [0.5, 0.6) is 0 Å². The number of hydrogen-bond donors (Lipinski definition) is 2. The molecule has 2 N–H and O–H groups in total. The molecule has 3 aromatic heterocycles. The van der Waals surface area contributed by atoms with Gasteiger partial charge < -0.3 is 9.73 Å². The number of anilines is 2. The van der Waals surface area contributed by atoms with Crippen LogP contribution in [0, 0.1) is 6.92 Å². The zero-order chi connectivity index (χ0) is 13.7. The molecular formula is C11H9N7O2. The normalized spacial score (nSPS) is 16.4. The molecule has 0 bridgehead atoms. The first-order chi connectivity index (χ1) is 9.75. The lowest BCUT2D eigenvalue weighted by molar-refractivity contribution is 0.433. The Balaban J connectivity index is 2.06. The number of tetrazole rings is 1. The minimum atomic E-state index is -0.416. The Bertz CT molecular complexity index is 833. The van der Waals surface area contributed by atoms with Crippen LogP contribution in [0.15, 0.2) is 27.6 Å². The van der Waals surface area contributed by atoms with Crippen molar-refractivity contribution in [2.75, 3.05) is 5.32 Å². The van der Waals surface area contributed by atoms with Crippen LogP contribution in [0.25, 0.3) is 0 Å². The van der Waals surface area contributed by atoms with Crippen molar-refractivity contribution in [3.63, 3.8) is 0 Å². The van der Waals surface area contributed by atoms with Crippen LogP contribution < -0.4 is 10.9 Å². The first-order valence-corrected chi connectivity index (χ1v) is 5.93. The Morgan fingerprint density at radius 2 is 2.35 bits per heavy atom. The maximum Gasteiger partial charge on any atom is 0.288 e. The Morgan fingerprint density at radius 3 is 3.15 bits per heavy atom. The quantitative estimate of drug-likeness (QED) is 0.513. The Hall–Kier alpha value is -2.97. The lowest BCUT2D eigenvalue weighted by atomic mass is 10.0. The number of H-pyrrole nitrogens is 1. The van der Waals surface area contributed by atoms with E-state index < -0.39 is 6.04 Å². The van der Waals surface area contributed by atoms with Gasteiger partial charge in [0.05, 0.1) is 12.0 Å². The highest BCUT2D eigenvalue weighted by molar-refractivity contribution is 5.63. The zero-order valence-corrected chi connectivity index (χ0v) is 10.4. The summed E-state index contributed by atoms with van der Waals surface area (Å²) in [5.41, 5.74) is 1.44. The summed E-state index contributed by atoms with van der Waals surface area (Å²) in [6.45, 7) is 1.81. The number of aromatic nitrogens is 6. The van der Waals surface area contributed by atoms with E-state index in [2.05, 4.69) is 31.0 Å². The summed E-state index contributed by atoms with van der Waals surface area (Å²) in [5.74, 6) is 1.02. The van der Waals surface area contributed by atoms with E-state index in [1.165, 1.54) is 0 Å². The molecule has 0 aromatic carbocycles. The number of rotatable bonds is 1. The minimum Gasteiger partial charge on any atom is -0.467 e. The zero-order valence-electron chi connectivity index (χ0n) is 10.4. The van der Waals surface area contributed by atoms with Gasteiger partial charge >= 0.3 is 0 Å². The highest BCUT2D eigenvalue weighted by Crippen LogP contribution is 2.37. The van der Waals surface area contributed by atoms with Crippen LogP contribution in [0.1, 0.15) is 23.1 Å². The van der Waals surface area contributed by atoms with Crippen molar-refractivity contribution < 1.29 is 4.42 Å². The fourth-order valence-corrected chi connectivity index (χ4v) is 2.41. The molecular weight excluding hydrogens is 262 g/mol. The highest BCUT2D eigenvalue weighted by atomic mass is 16.3. The van der Waals surface area contributed by atoms with Gasteiger partial charge in [-0.25, -0.2) is 5.10 Å². The molecule has 9 heteroatoms. The van der Waals surface area contributed by atoms with Crippen molar-refractivity contribution in [1.82, 2.24) is 30.4 Å². The molecule has 0 aliphatic carbocycles. The molecule has 0 saturated carbocycles. The molecule has 4 heterocycles. The summed E-state index contributed by atoms with van der Waals surface area (Å²) in [6.07, 6.45) is 1.57. The molecule has 0 spiro atoms. The number of fused-ring (bicyclic) bond motifs is 2. The topological polar surface area (TPSA) is 115 Å². The summed E-state index contributed by atoms with van der Waals surface area (Å²) in [7, 11) is 0. The van der Waals surface area contributed by atoms with Gasteiger partial charge in [-0.05, 0) is 29.5 Å². The van der Waals surface area contributed by atoms with Gasteiger partial charge in [-0.1, -0.05) is 5.10 Å². The summed E-state index contributed by atoms with van der Waals surface area (Å²) in [5, 5.41) is 20.8. The summed E-state index contributed by atoms with van der Waals surface area (Å²) >= 11 is 0. The molecule has 1 aliphatic heterocycles. The smallest absolute Gasteiger partial charge is 0.288 e. The summed E-state index contributed by atoms with van der Waals surface area (Å²) in [6, 6.07) is 3.17. The predicted molar refractivity (Wildman–Crippen MR) is 66.6 cm³/mol. The number of hydrogen-bond acceptors (Lipinski definition) is 7. The van der Waals surface area contributed by atoms with Crippen LogP contribution >= 0.6 is 0 Å². The fraction of sp³-hybridized carbons (Fsp3) is 0.182. The number of aryl methyl sites for hydroxylation is 1. The molecule has 0 unspecified atom stereocenters.